The Labute approximate surface area is 414 Å². The molecular formula is C50H61ClF2N10O8. The number of rotatable bonds is 11. The van der Waals surface area contributed by atoms with Gasteiger partial charge in [0.25, 0.3) is 0 Å². The van der Waals surface area contributed by atoms with Crippen LogP contribution >= 0.6 is 11.6 Å². The molecule has 380 valence electrons. The van der Waals surface area contributed by atoms with E-state index in [4.69, 9.17) is 50.1 Å². The number of aliphatic hydroxyl groups is 3. The summed E-state index contributed by atoms with van der Waals surface area (Å²) in [6.07, 6.45) is 27.6. The van der Waals surface area contributed by atoms with E-state index in [-0.39, 0.29) is 70.0 Å². The molecule has 0 amide bonds. The molecule has 7 N–H and O–H groups in total. The van der Waals surface area contributed by atoms with E-state index in [0.717, 1.165) is 48.3 Å². The van der Waals surface area contributed by atoms with Crippen molar-refractivity contribution in [1.29, 1.82) is 0 Å². The van der Waals surface area contributed by atoms with Crippen molar-refractivity contribution in [3.8, 4) is 24.7 Å². The van der Waals surface area contributed by atoms with Crippen LogP contribution in [0.3, 0.4) is 0 Å². The molecule has 10 aliphatic rings. The predicted molar refractivity (Wildman–Crippen MR) is 253 cm³/mol. The second kappa shape index (κ2) is 19.1. The van der Waals surface area contributed by atoms with Crippen LogP contribution in [0.25, 0.3) is 22.3 Å². The molecule has 0 radical (unpaired) electrons. The Balaban J connectivity index is 0.000000136. The number of terminal acetylenes is 2. The zero-order chi connectivity index (χ0) is 50.0. The number of ether oxygens (including phenoxy) is 3. The number of anilines is 2. The first-order valence-electron chi connectivity index (χ1n) is 24.9. The fraction of sp³-hybridized carbons (Fsp3) is 0.680. The first-order valence-corrected chi connectivity index (χ1v) is 25.2. The van der Waals surface area contributed by atoms with Crippen molar-refractivity contribution in [2.75, 3.05) is 24.7 Å². The Morgan fingerprint density at radius 2 is 1.08 bits per heavy atom. The summed E-state index contributed by atoms with van der Waals surface area (Å²) in [7, 11) is 0. The molecule has 6 heterocycles. The fourth-order valence-corrected chi connectivity index (χ4v) is 15.0. The van der Waals surface area contributed by atoms with Gasteiger partial charge in [0.15, 0.2) is 45.2 Å². The number of imidazole rings is 2. The lowest BCUT2D eigenvalue weighted by Crippen LogP contribution is -2.46. The normalized spacial score (nSPS) is 37.0. The summed E-state index contributed by atoms with van der Waals surface area (Å²) < 4.78 is 47.0. The van der Waals surface area contributed by atoms with Crippen molar-refractivity contribution < 1.29 is 47.9 Å². The maximum atomic E-state index is 13.7. The van der Waals surface area contributed by atoms with Gasteiger partial charge in [-0.2, -0.15) is 28.7 Å². The van der Waals surface area contributed by atoms with Gasteiger partial charge in [-0.15, -0.1) is 12.8 Å². The van der Waals surface area contributed by atoms with Gasteiger partial charge in [-0.25, -0.2) is 9.97 Å². The molecule has 2 aliphatic heterocycles. The van der Waals surface area contributed by atoms with Crippen LogP contribution in [0.4, 0.5) is 20.4 Å². The maximum Gasteiger partial charge on any atom is 0.312 e. The Kier molecular flexibility index (Phi) is 13.3. The second-order valence-corrected chi connectivity index (χ2v) is 22.6. The number of hydrogen-bond acceptors (Lipinski definition) is 16. The van der Waals surface area contributed by atoms with Gasteiger partial charge in [-0.1, -0.05) is 11.8 Å². The van der Waals surface area contributed by atoms with Crippen LogP contribution in [0, 0.1) is 83.2 Å². The molecular weight excluding hydrogens is 942 g/mol. The van der Waals surface area contributed by atoms with Gasteiger partial charge in [-0.05, 0) is 148 Å². The lowest BCUT2D eigenvalue weighted by Gasteiger charge is -2.57. The first kappa shape index (κ1) is 49.5. The molecule has 0 spiro atoms. The zero-order valence-electron chi connectivity index (χ0n) is 39.5. The quantitative estimate of drug-likeness (QED) is 0.0524. The minimum absolute atomic E-state index is 0.0893. The molecule has 6 atom stereocenters. The van der Waals surface area contributed by atoms with Gasteiger partial charge in [0.1, 0.15) is 31.3 Å². The molecule has 2 saturated heterocycles. The monoisotopic (exact) mass is 1000 g/mol. The van der Waals surface area contributed by atoms with Crippen LogP contribution in [-0.2, 0) is 23.8 Å². The first-order chi connectivity index (χ1) is 33.9. The van der Waals surface area contributed by atoms with Crippen LogP contribution in [0.2, 0.25) is 0 Å². The number of nitrogens with zero attached hydrogens (tertiary/aromatic N) is 8. The van der Waals surface area contributed by atoms with Gasteiger partial charge in [0.2, 0.25) is 5.24 Å². The highest BCUT2D eigenvalue weighted by molar-refractivity contribution is 6.63. The number of carbonyl (C=O) groups excluding carboxylic acids is 2. The van der Waals surface area contributed by atoms with Crippen molar-refractivity contribution in [3.63, 3.8) is 0 Å². The highest BCUT2D eigenvalue weighted by Crippen LogP contribution is 2.63. The van der Waals surface area contributed by atoms with Gasteiger partial charge in [0.05, 0.1) is 19.3 Å². The van der Waals surface area contributed by atoms with E-state index in [1.165, 1.54) is 98.8 Å². The largest absolute Gasteiger partial charge is 0.461 e. The van der Waals surface area contributed by atoms with Gasteiger partial charge in [0, 0.05) is 25.7 Å². The molecule has 0 aromatic carbocycles. The number of halogens is 3. The molecule has 71 heavy (non-hydrogen) atoms. The molecule has 4 aromatic heterocycles. The van der Waals surface area contributed by atoms with Gasteiger partial charge >= 0.3 is 18.1 Å². The fourth-order valence-electron chi connectivity index (χ4n) is 14.9. The standard InChI is InChI=1S/C25H30FN5O4.C13H19ClO.C12H12FN5O3/c1-2-25(12-34-19(33)3-4-24-9-14-5-15(10-24)7-16(6-14)11-24)17(32)8-18(35-25)31-13-28-20-21(27)29-23(26)30-22(20)31;14-12(15)1-2-13-6-9-3-10(7-13)5-11(4-9)8-13;1-2-12(4-19)6(20)3-7(21-12)18-5-15-8-9(14)16-11(13)17-10(8)18/h1,13-18,32H,3-12H2,(H2,27,29,30);9-11H,1-8H2;1,5-7,19-20H,3-4H2,(H2,14,16,17)/t14?,15?,16?,17-,18+,24?,25+;;6-,7+,12+/m0.0/s1. The minimum Gasteiger partial charge on any atom is -0.461 e. The summed E-state index contributed by atoms with van der Waals surface area (Å²) in [5.41, 5.74) is 9.80. The number of hydrogen-bond donors (Lipinski definition) is 5. The van der Waals surface area contributed by atoms with E-state index in [1.807, 2.05) is 0 Å². The van der Waals surface area contributed by atoms with Crippen LogP contribution in [-0.4, -0.2) is 102 Å². The zero-order valence-corrected chi connectivity index (χ0v) is 40.2. The van der Waals surface area contributed by atoms with E-state index in [0.29, 0.717) is 18.3 Å². The average molecular weight is 1000 g/mol. The van der Waals surface area contributed by atoms with E-state index in [2.05, 4.69) is 41.7 Å². The molecule has 4 aromatic rings. The van der Waals surface area contributed by atoms with Crippen molar-refractivity contribution in [3.05, 3.63) is 24.8 Å². The van der Waals surface area contributed by atoms with Crippen LogP contribution < -0.4 is 11.5 Å². The number of fused-ring (bicyclic) bond motifs is 2. The summed E-state index contributed by atoms with van der Waals surface area (Å²) in [6.45, 7) is -0.807. The molecule has 10 fully saturated rings. The highest BCUT2D eigenvalue weighted by Gasteiger charge is 2.53. The highest BCUT2D eigenvalue weighted by atomic mass is 35.5. The molecule has 21 heteroatoms. The van der Waals surface area contributed by atoms with Gasteiger partial charge < -0.3 is 41.0 Å². The van der Waals surface area contributed by atoms with E-state index >= 15 is 0 Å². The number of esters is 1. The topological polar surface area (TPSA) is 262 Å². The predicted octanol–water partition coefficient (Wildman–Crippen LogP) is 5.68. The number of aromatic nitrogens is 8. The SMILES string of the molecule is C#C[C@]1(CO)O[C@@H](n2cnc3c(N)nc(F)nc32)C[C@@H]1O.C#C[C@]1(COC(=O)CCC23CC4CC(CC(C4)C2)C3)O[C@@H](n2cnc3c(N)nc(F)nc32)C[C@@H]1O.O=C(Cl)CCC12CC3CC(CC(C3)C1)C2. The third-order valence-corrected chi connectivity index (χ3v) is 17.5. The number of carbonyl (C=O) groups is 2. The summed E-state index contributed by atoms with van der Waals surface area (Å²) >= 11 is 5.48. The van der Waals surface area contributed by atoms with Crippen molar-refractivity contribution in [2.24, 2.45) is 46.3 Å². The summed E-state index contributed by atoms with van der Waals surface area (Å²) in [5.74, 6) is 9.66. The van der Waals surface area contributed by atoms with Crippen molar-refractivity contribution >= 4 is 56.8 Å². The van der Waals surface area contributed by atoms with Crippen LogP contribution in [0.5, 0.6) is 0 Å². The van der Waals surface area contributed by atoms with Crippen molar-refractivity contribution in [1.82, 2.24) is 39.0 Å². The second-order valence-electron chi connectivity index (χ2n) is 22.1. The number of nitrogens with two attached hydrogens (primary N) is 2. The smallest absolute Gasteiger partial charge is 0.312 e. The van der Waals surface area contributed by atoms with Crippen molar-refractivity contribution in [2.45, 2.75) is 151 Å². The van der Waals surface area contributed by atoms with E-state index < -0.39 is 54.6 Å². The van der Waals surface area contributed by atoms with Crippen LogP contribution in [0.15, 0.2) is 12.7 Å². The molecule has 14 rings (SSSR count). The molecule has 18 nitrogen and oxygen atoms in total. The third kappa shape index (κ3) is 9.56. The minimum atomic E-state index is -1.52. The Morgan fingerprint density at radius 1 is 0.690 bits per heavy atom. The van der Waals surface area contributed by atoms with E-state index in [1.54, 1.807) is 0 Å². The number of nitrogen functional groups attached to an aromatic ring is 2. The van der Waals surface area contributed by atoms with E-state index in [9.17, 15) is 33.7 Å². The molecule has 8 bridgehead atoms. The molecule has 8 saturated carbocycles. The average Bonchev–Trinajstić information content (AvgIpc) is 4.10. The lowest BCUT2D eigenvalue weighted by molar-refractivity contribution is -0.158. The lowest BCUT2D eigenvalue weighted by atomic mass is 9.48. The van der Waals surface area contributed by atoms with Crippen LogP contribution in [0.1, 0.15) is 128 Å². The summed E-state index contributed by atoms with van der Waals surface area (Å²) in [4.78, 5) is 46.0. The Bertz CT molecular complexity index is 2710. The third-order valence-electron chi connectivity index (χ3n) is 17.3. The molecule has 8 aliphatic carbocycles. The summed E-state index contributed by atoms with van der Waals surface area (Å²) in [6, 6.07) is 0. The van der Waals surface area contributed by atoms with Gasteiger partial charge in [-0.3, -0.25) is 18.7 Å². The number of aliphatic hydroxyl groups excluding tert-OH is 3. The Hall–Kier alpha value is -5.09. The maximum absolute atomic E-state index is 13.7. The summed E-state index contributed by atoms with van der Waals surface area (Å²) in [5, 5.41) is 30.0. The Morgan fingerprint density at radius 3 is 1.46 bits per heavy atom. The molecule has 0 unspecified atom stereocenters.